The zero-order chi connectivity index (χ0) is 13.4. The number of ether oxygens (including phenoxy) is 1. The number of carbonyl (C=O) groups excluding carboxylic acids is 2. The van der Waals surface area contributed by atoms with Gasteiger partial charge in [-0.3, -0.25) is 9.59 Å². The van der Waals surface area contributed by atoms with Gasteiger partial charge in [-0.25, -0.2) is 0 Å². The first-order chi connectivity index (χ1) is 8.67. The van der Waals surface area contributed by atoms with Crippen molar-refractivity contribution in [3.8, 4) is 0 Å². The van der Waals surface area contributed by atoms with Gasteiger partial charge in [-0.05, 0) is 12.6 Å². The summed E-state index contributed by atoms with van der Waals surface area (Å²) in [5.74, 6) is -0.554. The molecule has 1 amide bonds. The van der Waals surface area contributed by atoms with Crippen molar-refractivity contribution in [1.29, 1.82) is 0 Å². The molecule has 0 saturated carbocycles. The van der Waals surface area contributed by atoms with Crippen LogP contribution in [0.2, 0.25) is 0 Å². The van der Waals surface area contributed by atoms with Crippen LogP contribution in [0, 0.1) is 0 Å². The number of nitrogens with one attached hydrogen (secondary N) is 1. The van der Waals surface area contributed by atoms with Crippen molar-refractivity contribution < 1.29 is 14.3 Å². The van der Waals surface area contributed by atoms with Gasteiger partial charge < -0.3 is 15.0 Å². The fourth-order valence-corrected chi connectivity index (χ4v) is 1.52. The number of nitrogens with zero attached hydrogens (tertiary/aromatic N) is 1. The molecule has 5 nitrogen and oxygen atoms in total. The average Bonchev–Trinajstić information content (AvgIpc) is 2.39. The number of likely N-dealkylation sites (N-methyl/N-ethyl adjacent to an activating group) is 1. The van der Waals surface area contributed by atoms with Gasteiger partial charge in [0.15, 0.2) is 0 Å². The lowest BCUT2D eigenvalue weighted by molar-refractivity contribution is -0.147. The summed E-state index contributed by atoms with van der Waals surface area (Å²) in [7, 11) is 3.00. The number of hydrogen-bond donors (Lipinski definition) is 1. The van der Waals surface area contributed by atoms with Gasteiger partial charge in [0.2, 0.25) is 5.91 Å². The van der Waals surface area contributed by atoms with E-state index in [4.69, 9.17) is 0 Å². The predicted molar refractivity (Wildman–Crippen MR) is 67.8 cm³/mol. The molecule has 0 aliphatic heterocycles. The second kappa shape index (κ2) is 7.45. The number of carbonyl (C=O) groups is 2. The summed E-state index contributed by atoms with van der Waals surface area (Å²) in [6.45, 7) is 0.562. The predicted octanol–water partition coefficient (Wildman–Crippen LogP) is 0.408. The third kappa shape index (κ3) is 4.55. The molecule has 1 N–H and O–H groups in total. The molecule has 0 aromatic heterocycles. The maximum Gasteiger partial charge on any atom is 0.325 e. The van der Waals surface area contributed by atoms with Gasteiger partial charge in [-0.2, -0.15) is 0 Å². The Morgan fingerprint density at radius 1 is 1.28 bits per heavy atom. The first kappa shape index (κ1) is 14.2. The van der Waals surface area contributed by atoms with Crippen molar-refractivity contribution in [1.82, 2.24) is 10.2 Å². The monoisotopic (exact) mass is 250 g/mol. The van der Waals surface area contributed by atoms with Crippen molar-refractivity contribution in [2.24, 2.45) is 0 Å². The highest BCUT2D eigenvalue weighted by atomic mass is 16.5. The SMILES string of the molecule is CNCC(=O)N(CC(=O)OC)Cc1ccccc1. The maximum absolute atomic E-state index is 11.9. The molecule has 0 heterocycles. The molecule has 1 rings (SSSR count). The summed E-state index contributed by atoms with van der Waals surface area (Å²) in [5, 5.41) is 2.78. The number of rotatable bonds is 6. The van der Waals surface area contributed by atoms with E-state index < -0.39 is 5.97 Å². The standard InChI is InChI=1S/C13H18N2O3/c1-14-8-12(16)15(10-13(17)18-2)9-11-6-4-3-5-7-11/h3-7,14H,8-10H2,1-2H3. The smallest absolute Gasteiger partial charge is 0.325 e. The molecule has 0 radical (unpaired) electrons. The highest BCUT2D eigenvalue weighted by Gasteiger charge is 2.16. The number of amides is 1. The first-order valence-corrected chi connectivity index (χ1v) is 5.70. The molecule has 18 heavy (non-hydrogen) atoms. The Bertz CT molecular complexity index is 392. The Balaban J connectivity index is 2.71. The molecular formula is C13H18N2O3. The number of esters is 1. The van der Waals surface area contributed by atoms with Gasteiger partial charge in [-0.15, -0.1) is 0 Å². The molecule has 0 bridgehead atoms. The van der Waals surface area contributed by atoms with E-state index >= 15 is 0 Å². The number of benzene rings is 1. The van der Waals surface area contributed by atoms with Crippen LogP contribution in [-0.2, 0) is 20.9 Å². The highest BCUT2D eigenvalue weighted by molar-refractivity contribution is 5.83. The zero-order valence-electron chi connectivity index (χ0n) is 10.7. The van der Waals surface area contributed by atoms with Crippen LogP contribution in [0.5, 0.6) is 0 Å². The van der Waals surface area contributed by atoms with Crippen molar-refractivity contribution in [2.75, 3.05) is 27.2 Å². The largest absolute Gasteiger partial charge is 0.468 e. The van der Waals surface area contributed by atoms with Crippen molar-refractivity contribution in [3.63, 3.8) is 0 Å². The third-order valence-corrected chi connectivity index (χ3v) is 2.44. The Kier molecular flexibility index (Phi) is 5.87. The lowest BCUT2D eigenvalue weighted by Gasteiger charge is -2.21. The molecule has 1 aromatic rings. The van der Waals surface area contributed by atoms with Crippen LogP contribution >= 0.6 is 0 Å². The van der Waals surface area contributed by atoms with Gasteiger partial charge in [0.1, 0.15) is 6.54 Å². The summed E-state index contributed by atoms with van der Waals surface area (Å²) in [6.07, 6.45) is 0. The van der Waals surface area contributed by atoms with Crippen molar-refractivity contribution in [3.05, 3.63) is 35.9 Å². The van der Waals surface area contributed by atoms with Gasteiger partial charge in [0.25, 0.3) is 0 Å². The normalized spacial score (nSPS) is 9.89. The van der Waals surface area contributed by atoms with E-state index in [0.29, 0.717) is 6.54 Å². The molecule has 0 fully saturated rings. The molecule has 1 aromatic carbocycles. The highest BCUT2D eigenvalue weighted by Crippen LogP contribution is 2.04. The summed E-state index contributed by atoms with van der Waals surface area (Å²) in [4.78, 5) is 24.6. The molecule has 0 spiro atoms. The van der Waals surface area contributed by atoms with Crippen LogP contribution < -0.4 is 5.32 Å². The Labute approximate surface area is 107 Å². The van der Waals surface area contributed by atoms with E-state index in [1.54, 1.807) is 7.05 Å². The third-order valence-electron chi connectivity index (χ3n) is 2.44. The van der Waals surface area contributed by atoms with Crippen molar-refractivity contribution in [2.45, 2.75) is 6.54 Å². The van der Waals surface area contributed by atoms with E-state index in [9.17, 15) is 9.59 Å². The van der Waals surface area contributed by atoms with E-state index in [1.165, 1.54) is 12.0 Å². The van der Waals surface area contributed by atoms with Gasteiger partial charge in [0, 0.05) is 6.54 Å². The fourth-order valence-electron chi connectivity index (χ4n) is 1.52. The summed E-state index contributed by atoms with van der Waals surface area (Å²) < 4.78 is 4.59. The quantitative estimate of drug-likeness (QED) is 0.743. The average molecular weight is 250 g/mol. The Hall–Kier alpha value is -1.88. The molecule has 0 atom stereocenters. The molecule has 0 aliphatic carbocycles. The van der Waals surface area contributed by atoms with Gasteiger partial charge in [-0.1, -0.05) is 30.3 Å². The summed E-state index contributed by atoms with van der Waals surface area (Å²) in [6, 6.07) is 9.53. The zero-order valence-corrected chi connectivity index (χ0v) is 10.7. The minimum Gasteiger partial charge on any atom is -0.468 e. The van der Waals surface area contributed by atoms with E-state index in [2.05, 4.69) is 10.1 Å². The number of methoxy groups -OCH3 is 1. The van der Waals surface area contributed by atoms with Crippen LogP contribution in [-0.4, -0.2) is 44.0 Å². The van der Waals surface area contributed by atoms with E-state index in [-0.39, 0.29) is 19.0 Å². The first-order valence-electron chi connectivity index (χ1n) is 5.70. The van der Waals surface area contributed by atoms with Crippen LogP contribution in [0.4, 0.5) is 0 Å². The number of hydrogen-bond acceptors (Lipinski definition) is 4. The fraction of sp³-hybridized carbons (Fsp3) is 0.385. The van der Waals surface area contributed by atoms with Crippen LogP contribution in [0.1, 0.15) is 5.56 Å². The summed E-state index contributed by atoms with van der Waals surface area (Å²) >= 11 is 0. The van der Waals surface area contributed by atoms with E-state index in [0.717, 1.165) is 5.56 Å². The Morgan fingerprint density at radius 3 is 2.50 bits per heavy atom. The molecule has 5 heteroatoms. The van der Waals surface area contributed by atoms with Crippen molar-refractivity contribution >= 4 is 11.9 Å². The van der Waals surface area contributed by atoms with Crippen LogP contribution in [0.3, 0.4) is 0 Å². The summed E-state index contributed by atoms with van der Waals surface area (Å²) in [5.41, 5.74) is 0.978. The Morgan fingerprint density at radius 2 is 1.94 bits per heavy atom. The van der Waals surface area contributed by atoms with Crippen LogP contribution in [0.15, 0.2) is 30.3 Å². The lowest BCUT2D eigenvalue weighted by Crippen LogP contribution is -2.40. The minimum atomic E-state index is -0.421. The molecule has 0 unspecified atom stereocenters. The second-order valence-electron chi connectivity index (χ2n) is 3.84. The topological polar surface area (TPSA) is 58.6 Å². The van der Waals surface area contributed by atoms with Gasteiger partial charge >= 0.3 is 5.97 Å². The molecule has 0 saturated heterocycles. The molecule has 0 aliphatic rings. The molecular weight excluding hydrogens is 232 g/mol. The second-order valence-corrected chi connectivity index (χ2v) is 3.84. The van der Waals surface area contributed by atoms with Gasteiger partial charge in [0.05, 0.1) is 13.7 Å². The van der Waals surface area contributed by atoms with E-state index in [1.807, 2.05) is 30.3 Å². The minimum absolute atomic E-state index is 0.0358. The van der Waals surface area contributed by atoms with Crippen LogP contribution in [0.25, 0.3) is 0 Å². The maximum atomic E-state index is 11.9. The lowest BCUT2D eigenvalue weighted by atomic mass is 10.2. The molecule has 98 valence electrons.